The van der Waals surface area contributed by atoms with Gasteiger partial charge in [-0.05, 0) is 5.56 Å². The summed E-state index contributed by atoms with van der Waals surface area (Å²) < 4.78 is 5.23. The maximum Gasteiger partial charge on any atom is 0.169 e. The van der Waals surface area contributed by atoms with Crippen molar-refractivity contribution >= 4 is 12.1 Å². The fourth-order valence-electron chi connectivity index (χ4n) is 1.71. The third kappa shape index (κ3) is 5.02. The Morgan fingerprint density at radius 1 is 1.29 bits per heavy atom. The van der Waals surface area contributed by atoms with E-state index in [1.165, 1.54) is 6.92 Å². The van der Waals surface area contributed by atoms with E-state index in [-0.39, 0.29) is 6.61 Å². The van der Waals surface area contributed by atoms with Crippen molar-refractivity contribution in [2.24, 2.45) is 5.92 Å². The Morgan fingerprint density at radius 2 is 1.90 bits per heavy atom. The summed E-state index contributed by atoms with van der Waals surface area (Å²) in [5.74, 6) is -1.56. The molecule has 0 saturated carbocycles. The lowest BCUT2D eigenvalue weighted by Gasteiger charge is -2.23. The first kappa shape index (κ1) is 17.5. The second-order valence-corrected chi connectivity index (χ2v) is 4.82. The van der Waals surface area contributed by atoms with Gasteiger partial charge < -0.3 is 24.9 Å². The molecule has 0 saturated heterocycles. The van der Waals surface area contributed by atoms with Crippen LogP contribution in [0.25, 0.3) is 0 Å². The minimum atomic E-state index is -1.78. The van der Waals surface area contributed by atoms with Crippen LogP contribution >= 0.6 is 0 Å². The molecule has 0 fully saturated rings. The predicted molar refractivity (Wildman–Crippen MR) is 74.4 cm³/mol. The van der Waals surface area contributed by atoms with Crippen LogP contribution in [0.4, 0.5) is 0 Å². The van der Waals surface area contributed by atoms with Gasteiger partial charge in [-0.2, -0.15) is 0 Å². The largest absolute Gasteiger partial charge is 0.396 e. The fraction of sp³-hybridized carbons (Fsp3) is 0.467. The summed E-state index contributed by atoms with van der Waals surface area (Å²) in [6, 6.07) is 8.99. The Hall–Kier alpha value is -1.60. The number of hydrogen-bond acceptors (Lipinski definition) is 6. The topological polar surface area (TPSA) is 104 Å². The minimum absolute atomic E-state index is 0.0672. The van der Waals surface area contributed by atoms with Crippen molar-refractivity contribution in [3.63, 3.8) is 0 Å². The highest BCUT2D eigenvalue weighted by atomic mass is 16.5. The smallest absolute Gasteiger partial charge is 0.169 e. The molecule has 116 valence electrons. The molecular formula is C15H20O6. The molecule has 1 rings (SSSR count). The highest BCUT2D eigenvalue weighted by molar-refractivity contribution is 5.86. The molecular weight excluding hydrogens is 276 g/mol. The SMILES string of the molecule is CC(CO)C(=O)[C@H](O)[C@@H](O)[C@H](C=O)OCc1ccccc1. The average molecular weight is 296 g/mol. The van der Waals surface area contributed by atoms with E-state index in [9.17, 15) is 19.8 Å². The number of ketones is 1. The molecule has 1 aromatic carbocycles. The van der Waals surface area contributed by atoms with Crippen LogP contribution < -0.4 is 0 Å². The molecule has 1 aromatic rings. The quantitative estimate of drug-likeness (QED) is 0.540. The number of Topliss-reactive ketones (excluding diaryl/α,β-unsaturated/α-hetero) is 1. The normalized spacial score (nSPS) is 16.8. The predicted octanol–water partition coefficient (Wildman–Crippen LogP) is -0.310. The second kappa shape index (κ2) is 8.63. The Bertz CT molecular complexity index is 447. The first-order chi connectivity index (χ1) is 10.0. The number of aldehydes is 1. The number of aliphatic hydroxyl groups is 3. The molecule has 0 aliphatic carbocycles. The lowest BCUT2D eigenvalue weighted by atomic mass is 9.96. The van der Waals surface area contributed by atoms with Crippen molar-refractivity contribution in [2.75, 3.05) is 6.61 Å². The zero-order valence-corrected chi connectivity index (χ0v) is 11.8. The van der Waals surface area contributed by atoms with Crippen molar-refractivity contribution in [3.05, 3.63) is 35.9 Å². The van der Waals surface area contributed by atoms with Gasteiger partial charge in [0.25, 0.3) is 0 Å². The van der Waals surface area contributed by atoms with Gasteiger partial charge in [0.05, 0.1) is 13.2 Å². The molecule has 0 amide bonds. The molecule has 1 unspecified atom stereocenters. The monoisotopic (exact) mass is 296 g/mol. The number of rotatable bonds is 9. The average Bonchev–Trinajstić information content (AvgIpc) is 2.53. The highest BCUT2D eigenvalue weighted by Crippen LogP contribution is 2.11. The zero-order valence-electron chi connectivity index (χ0n) is 11.8. The number of benzene rings is 1. The second-order valence-electron chi connectivity index (χ2n) is 4.82. The summed E-state index contributed by atoms with van der Waals surface area (Å²) in [5, 5.41) is 28.5. The minimum Gasteiger partial charge on any atom is -0.396 e. The Kier molecular flexibility index (Phi) is 7.18. The van der Waals surface area contributed by atoms with Crippen LogP contribution in [0.3, 0.4) is 0 Å². The van der Waals surface area contributed by atoms with E-state index in [0.29, 0.717) is 6.29 Å². The molecule has 0 aromatic heterocycles. The van der Waals surface area contributed by atoms with Gasteiger partial charge in [-0.1, -0.05) is 37.3 Å². The van der Waals surface area contributed by atoms with E-state index in [1.54, 1.807) is 24.3 Å². The van der Waals surface area contributed by atoms with Crippen molar-refractivity contribution in [2.45, 2.75) is 31.8 Å². The molecule has 3 N–H and O–H groups in total. The summed E-state index contributed by atoms with van der Waals surface area (Å²) in [5.41, 5.74) is 0.793. The molecule has 0 spiro atoms. The molecule has 21 heavy (non-hydrogen) atoms. The van der Waals surface area contributed by atoms with Crippen LogP contribution in [0.1, 0.15) is 12.5 Å². The van der Waals surface area contributed by atoms with E-state index in [0.717, 1.165) is 5.56 Å². The number of aliphatic hydroxyl groups excluding tert-OH is 3. The van der Waals surface area contributed by atoms with Crippen LogP contribution in [-0.4, -0.2) is 52.3 Å². The summed E-state index contributed by atoms with van der Waals surface area (Å²) in [4.78, 5) is 22.6. The molecule has 0 aliphatic rings. The molecule has 0 bridgehead atoms. The van der Waals surface area contributed by atoms with Gasteiger partial charge in [0, 0.05) is 5.92 Å². The van der Waals surface area contributed by atoms with E-state index < -0.39 is 36.6 Å². The van der Waals surface area contributed by atoms with Crippen LogP contribution in [0.2, 0.25) is 0 Å². The van der Waals surface area contributed by atoms with Gasteiger partial charge in [-0.15, -0.1) is 0 Å². The summed E-state index contributed by atoms with van der Waals surface area (Å²) in [6.45, 7) is 1.04. The molecule has 0 aliphatic heterocycles. The number of hydrogen-bond donors (Lipinski definition) is 3. The van der Waals surface area contributed by atoms with Crippen LogP contribution in [0, 0.1) is 5.92 Å². The molecule has 0 radical (unpaired) electrons. The van der Waals surface area contributed by atoms with Crippen LogP contribution in [-0.2, 0) is 20.9 Å². The summed E-state index contributed by atoms with van der Waals surface area (Å²) in [7, 11) is 0. The third-order valence-electron chi connectivity index (χ3n) is 3.13. The summed E-state index contributed by atoms with van der Waals surface area (Å²) >= 11 is 0. The van der Waals surface area contributed by atoms with Crippen LogP contribution in [0.15, 0.2) is 30.3 Å². The van der Waals surface area contributed by atoms with E-state index in [2.05, 4.69) is 0 Å². The van der Waals surface area contributed by atoms with Crippen LogP contribution in [0.5, 0.6) is 0 Å². The molecule has 0 heterocycles. The molecule has 4 atom stereocenters. The van der Waals surface area contributed by atoms with E-state index in [4.69, 9.17) is 9.84 Å². The van der Waals surface area contributed by atoms with Crippen molar-refractivity contribution in [1.29, 1.82) is 0 Å². The van der Waals surface area contributed by atoms with Gasteiger partial charge in [-0.3, -0.25) is 4.79 Å². The fourth-order valence-corrected chi connectivity index (χ4v) is 1.71. The first-order valence-electron chi connectivity index (χ1n) is 6.62. The van der Waals surface area contributed by atoms with Crippen molar-refractivity contribution in [1.82, 2.24) is 0 Å². The Balaban J connectivity index is 2.62. The molecule has 6 heteroatoms. The lowest BCUT2D eigenvalue weighted by Crippen LogP contribution is -2.46. The zero-order chi connectivity index (χ0) is 15.8. The maximum atomic E-state index is 11.7. The van der Waals surface area contributed by atoms with Gasteiger partial charge in [-0.25, -0.2) is 0 Å². The Morgan fingerprint density at radius 3 is 2.43 bits per heavy atom. The first-order valence-corrected chi connectivity index (χ1v) is 6.62. The highest BCUT2D eigenvalue weighted by Gasteiger charge is 2.33. The summed E-state index contributed by atoms with van der Waals surface area (Å²) in [6.07, 6.45) is -4.44. The standard InChI is InChI=1S/C15H20O6/c1-10(7-16)13(18)15(20)14(19)12(8-17)21-9-11-5-3-2-4-6-11/h2-6,8,10,12,14-16,19-20H,7,9H2,1H3/t10?,12-,14-,15-/m0/s1. The van der Waals surface area contributed by atoms with Crippen molar-refractivity contribution < 1.29 is 29.6 Å². The maximum absolute atomic E-state index is 11.7. The Labute approximate surface area is 123 Å². The lowest BCUT2D eigenvalue weighted by molar-refractivity contribution is -0.150. The van der Waals surface area contributed by atoms with Gasteiger partial charge in [0.15, 0.2) is 12.1 Å². The number of ether oxygens (including phenoxy) is 1. The molecule has 6 nitrogen and oxygen atoms in total. The van der Waals surface area contributed by atoms with Gasteiger partial charge >= 0.3 is 0 Å². The van der Waals surface area contributed by atoms with Crippen molar-refractivity contribution in [3.8, 4) is 0 Å². The van der Waals surface area contributed by atoms with E-state index >= 15 is 0 Å². The van der Waals surface area contributed by atoms with Gasteiger partial charge in [0.2, 0.25) is 0 Å². The van der Waals surface area contributed by atoms with Gasteiger partial charge in [0.1, 0.15) is 18.3 Å². The third-order valence-corrected chi connectivity index (χ3v) is 3.13. The van der Waals surface area contributed by atoms with E-state index in [1.807, 2.05) is 6.07 Å². The number of carbonyl (C=O) groups is 2. The number of carbonyl (C=O) groups excluding carboxylic acids is 2.